The second-order valence-electron chi connectivity index (χ2n) is 8.48. The van der Waals surface area contributed by atoms with Crippen LogP contribution in [0.2, 0.25) is 0 Å². The summed E-state index contributed by atoms with van der Waals surface area (Å²) in [5.41, 5.74) is 3.75. The molecule has 0 spiro atoms. The number of carbonyl (C=O) groups excluding carboxylic acids is 3. The Kier molecular flexibility index (Phi) is 6.32. The Bertz CT molecular complexity index is 1440. The number of carbonyl (C=O) groups is 3. The fourth-order valence-electron chi connectivity index (χ4n) is 4.19. The van der Waals surface area contributed by atoms with E-state index in [1.807, 2.05) is 36.4 Å². The summed E-state index contributed by atoms with van der Waals surface area (Å²) in [6.45, 7) is 1.95. The SMILES string of the molecule is Cc1oc(-c2ccccc2NC(=O)c2ccccc2)nc1CNC(=O)CC1NC(=O)c2ccccc21. The Hall–Kier alpha value is -4.72. The van der Waals surface area contributed by atoms with Crippen LogP contribution >= 0.6 is 0 Å². The van der Waals surface area contributed by atoms with E-state index in [0.717, 1.165) is 5.56 Å². The maximum atomic E-state index is 12.7. The van der Waals surface area contributed by atoms with Crippen molar-refractivity contribution in [1.82, 2.24) is 15.6 Å². The number of amides is 3. The number of nitrogens with zero attached hydrogens (tertiary/aromatic N) is 1. The third-order valence-electron chi connectivity index (χ3n) is 6.06. The summed E-state index contributed by atoms with van der Waals surface area (Å²) in [5.74, 6) is 0.293. The van der Waals surface area contributed by atoms with Crippen LogP contribution in [0.15, 0.2) is 83.3 Å². The topological polar surface area (TPSA) is 113 Å². The van der Waals surface area contributed by atoms with Crippen molar-refractivity contribution in [3.63, 3.8) is 0 Å². The summed E-state index contributed by atoms with van der Waals surface area (Å²) in [6, 6.07) is 23.1. The van der Waals surface area contributed by atoms with E-state index >= 15 is 0 Å². The highest BCUT2D eigenvalue weighted by molar-refractivity contribution is 6.06. The van der Waals surface area contributed by atoms with Crippen LogP contribution in [0, 0.1) is 6.92 Å². The predicted molar refractivity (Wildman–Crippen MR) is 134 cm³/mol. The fraction of sp³-hybridized carbons (Fsp3) is 0.143. The molecule has 0 fully saturated rings. The van der Waals surface area contributed by atoms with E-state index in [0.29, 0.717) is 39.7 Å². The minimum atomic E-state index is -0.359. The van der Waals surface area contributed by atoms with Crippen molar-refractivity contribution in [3.05, 3.63) is 107 Å². The molecule has 3 amide bonds. The summed E-state index contributed by atoms with van der Waals surface area (Å²) in [4.78, 5) is 41.9. The first-order chi connectivity index (χ1) is 17.5. The first-order valence-corrected chi connectivity index (χ1v) is 11.6. The highest BCUT2D eigenvalue weighted by Gasteiger charge is 2.29. The van der Waals surface area contributed by atoms with E-state index in [1.54, 1.807) is 49.4 Å². The molecule has 0 aliphatic carbocycles. The Balaban J connectivity index is 1.26. The molecular formula is C28H24N4O4. The fourth-order valence-corrected chi connectivity index (χ4v) is 4.19. The van der Waals surface area contributed by atoms with E-state index in [1.165, 1.54) is 0 Å². The second kappa shape index (κ2) is 9.87. The molecule has 1 aliphatic rings. The standard InChI is InChI=1S/C28H24N4O4/c1-17-24(16-29-25(33)15-23-19-11-5-6-12-20(19)27(35)31-23)32-28(36-17)21-13-7-8-14-22(21)30-26(34)18-9-3-2-4-10-18/h2-14,23H,15-16H2,1H3,(H,29,33)(H,30,34)(H,31,35). The van der Waals surface area contributed by atoms with Gasteiger partial charge < -0.3 is 20.4 Å². The number of para-hydroxylation sites is 1. The molecule has 1 aliphatic heterocycles. The van der Waals surface area contributed by atoms with Gasteiger partial charge in [0.2, 0.25) is 11.8 Å². The molecule has 2 heterocycles. The molecule has 1 unspecified atom stereocenters. The smallest absolute Gasteiger partial charge is 0.255 e. The number of anilines is 1. The lowest BCUT2D eigenvalue weighted by atomic mass is 10.0. The zero-order valence-electron chi connectivity index (χ0n) is 19.6. The van der Waals surface area contributed by atoms with Crippen LogP contribution in [0.5, 0.6) is 0 Å². The van der Waals surface area contributed by atoms with Crippen molar-refractivity contribution in [1.29, 1.82) is 0 Å². The Morgan fingerprint density at radius 3 is 2.44 bits per heavy atom. The number of nitrogens with one attached hydrogen (secondary N) is 3. The van der Waals surface area contributed by atoms with Crippen molar-refractivity contribution >= 4 is 23.4 Å². The number of rotatable bonds is 7. The first kappa shape index (κ1) is 23.0. The van der Waals surface area contributed by atoms with Gasteiger partial charge in [0, 0.05) is 11.1 Å². The monoisotopic (exact) mass is 480 g/mol. The lowest BCUT2D eigenvalue weighted by molar-refractivity contribution is -0.121. The zero-order valence-corrected chi connectivity index (χ0v) is 19.6. The van der Waals surface area contributed by atoms with Crippen LogP contribution in [0.4, 0.5) is 5.69 Å². The molecule has 180 valence electrons. The van der Waals surface area contributed by atoms with Crippen LogP contribution in [0.3, 0.4) is 0 Å². The molecule has 3 N–H and O–H groups in total. The van der Waals surface area contributed by atoms with Gasteiger partial charge in [0.1, 0.15) is 11.5 Å². The number of fused-ring (bicyclic) bond motifs is 1. The number of hydrogen-bond donors (Lipinski definition) is 3. The molecule has 0 radical (unpaired) electrons. The highest BCUT2D eigenvalue weighted by Crippen LogP contribution is 2.30. The minimum absolute atomic E-state index is 0.126. The lowest BCUT2D eigenvalue weighted by Crippen LogP contribution is -2.29. The van der Waals surface area contributed by atoms with Gasteiger partial charge in [0.15, 0.2) is 0 Å². The third kappa shape index (κ3) is 4.74. The van der Waals surface area contributed by atoms with Gasteiger partial charge in [0.25, 0.3) is 11.8 Å². The number of aryl methyl sites for hydroxylation is 1. The first-order valence-electron chi connectivity index (χ1n) is 11.6. The molecule has 0 saturated heterocycles. The van der Waals surface area contributed by atoms with Gasteiger partial charge >= 0.3 is 0 Å². The normalized spacial score (nSPS) is 14.1. The van der Waals surface area contributed by atoms with Gasteiger partial charge in [-0.15, -0.1) is 0 Å². The Morgan fingerprint density at radius 1 is 0.944 bits per heavy atom. The summed E-state index contributed by atoms with van der Waals surface area (Å²) in [7, 11) is 0. The molecule has 1 atom stereocenters. The van der Waals surface area contributed by atoms with E-state index in [4.69, 9.17) is 4.42 Å². The second-order valence-corrected chi connectivity index (χ2v) is 8.48. The zero-order chi connectivity index (χ0) is 25.1. The van der Waals surface area contributed by atoms with Gasteiger partial charge in [-0.05, 0) is 42.8 Å². The average molecular weight is 481 g/mol. The summed E-state index contributed by atoms with van der Waals surface area (Å²) in [6.07, 6.45) is 0.126. The summed E-state index contributed by atoms with van der Waals surface area (Å²) < 4.78 is 5.88. The molecule has 1 aromatic heterocycles. The molecular weight excluding hydrogens is 456 g/mol. The lowest BCUT2D eigenvalue weighted by Gasteiger charge is -2.11. The molecule has 5 rings (SSSR count). The van der Waals surface area contributed by atoms with Crippen molar-refractivity contribution < 1.29 is 18.8 Å². The minimum Gasteiger partial charge on any atom is -0.441 e. The Labute approximate surface area is 207 Å². The van der Waals surface area contributed by atoms with E-state index in [2.05, 4.69) is 20.9 Å². The van der Waals surface area contributed by atoms with E-state index in [9.17, 15) is 14.4 Å². The quantitative estimate of drug-likeness (QED) is 0.363. The van der Waals surface area contributed by atoms with Gasteiger partial charge in [-0.3, -0.25) is 14.4 Å². The Morgan fingerprint density at radius 2 is 1.64 bits per heavy atom. The van der Waals surface area contributed by atoms with E-state index < -0.39 is 0 Å². The van der Waals surface area contributed by atoms with Crippen molar-refractivity contribution in [2.75, 3.05) is 5.32 Å². The molecule has 0 saturated carbocycles. The number of benzene rings is 3. The van der Waals surface area contributed by atoms with Crippen LogP contribution in [0.25, 0.3) is 11.5 Å². The molecule has 3 aromatic carbocycles. The van der Waals surface area contributed by atoms with Crippen LogP contribution in [-0.2, 0) is 11.3 Å². The molecule has 8 nitrogen and oxygen atoms in total. The van der Waals surface area contributed by atoms with Gasteiger partial charge in [-0.1, -0.05) is 48.5 Å². The summed E-state index contributed by atoms with van der Waals surface area (Å²) in [5, 5.41) is 8.63. The average Bonchev–Trinajstić information content (AvgIpc) is 3.42. The number of aromatic nitrogens is 1. The third-order valence-corrected chi connectivity index (χ3v) is 6.06. The molecule has 8 heteroatoms. The molecule has 0 bridgehead atoms. The van der Waals surface area contributed by atoms with Crippen molar-refractivity contribution in [2.24, 2.45) is 0 Å². The molecule has 36 heavy (non-hydrogen) atoms. The predicted octanol–water partition coefficient (Wildman–Crippen LogP) is 4.39. The number of hydrogen-bond acceptors (Lipinski definition) is 5. The molecule has 4 aromatic rings. The number of oxazole rings is 1. The van der Waals surface area contributed by atoms with Gasteiger partial charge in [-0.25, -0.2) is 4.98 Å². The van der Waals surface area contributed by atoms with Gasteiger partial charge in [0.05, 0.1) is 30.3 Å². The van der Waals surface area contributed by atoms with E-state index in [-0.39, 0.29) is 36.7 Å². The van der Waals surface area contributed by atoms with Crippen LogP contribution < -0.4 is 16.0 Å². The maximum absolute atomic E-state index is 12.7. The summed E-state index contributed by atoms with van der Waals surface area (Å²) >= 11 is 0. The van der Waals surface area contributed by atoms with Crippen molar-refractivity contribution in [3.8, 4) is 11.5 Å². The van der Waals surface area contributed by atoms with Crippen LogP contribution in [0.1, 0.15) is 50.2 Å². The van der Waals surface area contributed by atoms with Crippen LogP contribution in [-0.4, -0.2) is 22.7 Å². The van der Waals surface area contributed by atoms with Gasteiger partial charge in [-0.2, -0.15) is 0 Å². The largest absolute Gasteiger partial charge is 0.441 e. The highest BCUT2D eigenvalue weighted by atomic mass is 16.4. The maximum Gasteiger partial charge on any atom is 0.255 e. The van der Waals surface area contributed by atoms with Crippen molar-refractivity contribution in [2.45, 2.75) is 25.9 Å².